The first-order chi connectivity index (χ1) is 11.6. The van der Waals surface area contributed by atoms with Crippen molar-refractivity contribution < 1.29 is 14.4 Å². The molecule has 0 aliphatic carbocycles. The molecule has 0 spiro atoms. The van der Waals surface area contributed by atoms with Gasteiger partial charge in [0.15, 0.2) is 0 Å². The summed E-state index contributed by atoms with van der Waals surface area (Å²) in [4.78, 5) is 36.7. The summed E-state index contributed by atoms with van der Waals surface area (Å²) < 4.78 is 0. The quantitative estimate of drug-likeness (QED) is 0.676. The van der Waals surface area contributed by atoms with E-state index in [-0.39, 0.29) is 18.2 Å². The zero-order chi connectivity index (χ0) is 16.9. The van der Waals surface area contributed by atoms with Crippen molar-refractivity contribution in [1.82, 2.24) is 16.0 Å². The molecule has 0 radical (unpaired) electrons. The van der Waals surface area contributed by atoms with Gasteiger partial charge in [-0.1, -0.05) is 12.1 Å². The third-order valence-corrected chi connectivity index (χ3v) is 4.39. The van der Waals surface area contributed by atoms with Gasteiger partial charge in [0, 0.05) is 31.7 Å². The van der Waals surface area contributed by atoms with Crippen molar-refractivity contribution in [3.63, 3.8) is 0 Å². The minimum atomic E-state index is -0.609. The number of urea groups is 1. The molecule has 0 saturated carbocycles. The molecule has 7 nitrogen and oxygen atoms in total. The van der Waals surface area contributed by atoms with Crippen molar-refractivity contribution in [1.29, 1.82) is 0 Å². The Morgan fingerprint density at radius 1 is 1.25 bits per heavy atom. The number of hydrogen-bond donors (Lipinski definition) is 3. The number of nitrogens with one attached hydrogen (secondary N) is 3. The van der Waals surface area contributed by atoms with E-state index in [1.54, 1.807) is 0 Å². The van der Waals surface area contributed by atoms with E-state index in [2.05, 4.69) is 33.0 Å². The average Bonchev–Trinajstić information content (AvgIpc) is 3.21. The molecule has 4 amide bonds. The van der Waals surface area contributed by atoms with Crippen LogP contribution in [0.25, 0.3) is 0 Å². The molecule has 3 rings (SSSR count). The van der Waals surface area contributed by atoms with Gasteiger partial charge >= 0.3 is 6.03 Å². The summed E-state index contributed by atoms with van der Waals surface area (Å²) in [7, 11) is 0. The van der Waals surface area contributed by atoms with Crippen molar-refractivity contribution in [3.05, 3.63) is 29.8 Å². The van der Waals surface area contributed by atoms with Crippen LogP contribution in [0.4, 0.5) is 10.5 Å². The van der Waals surface area contributed by atoms with Gasteiger partial charge in [-0.15, -0.1) is 0 Å². The molecule has 128 valence electrons. The Morgan fingerprint density at radius 3 is 2.75 bits per heavy atom. The molecule has 1 aromatic carbocycles. The van der Waals surface area contributed by atoms with Gasteiger partial charge in [0.25, 0.3) is 5.91 Å². The minimum Gasteiger partial charge on any atom is -0.372 e. The van der Waals surface area contributed by atoms with Gasteiger partial charge in [-0.05, 0) is 37.0 Å². The van der Waals surface area contributed by atoms with Crippen LogP contribution >= 0.6 is 0 Å². The highest BCUT2D eigenvalue weighted by Crippen LogP contribution is 2.21. The standard InChI is InChI=1S/C17H22N4O3/c22-15(7-6-14-16(23)20-17(24)19-14)18-11-12-4-3-5-13(10-12)21-8-1-2-9-21/h3-5,10,14H,1-2,6-9,11H2,(H,18,22)(H2,19,20,23,24)/t14-/m1/s1. The summed E-state index contributed by atoms with van der Waals surface area (Å²) in [6.07, 6.45) is 2.96. The van der Waals surface area contributed by atoms with Crippen LogP contribution in [0.3, 0.4) is 0 Å². The number of nitrogens with zero attached hydrogens (tertiary/aromatic N) is 1. The average molecular weight is 330 g/mol. The van der Waals surface area contributed by atoms with Crippen molar-refractivity contribution in [2.24, 2.45) is 0 Å². The summed E-state index contributed by atoms with van der Waals surface area (Å²) >= 11 is 0. The van der Waals surface area contributed by atoms with Crippen LogP contribution in [0, 0.1) is 0 Å². The topological polar surface area (TPSA) is 90.5 Å². The van der Waals surface area contributed by atoms with E-state index in [1.807, 2.05) is 12.1 Å². The largest absolute Gasteiger partial charge is 0.372 e. The number of carbonyl (C=O) groups is 3. The third-order valence-electron chi connectivity index (χ3n) is 4.39. The van der Waals surface area contributed by atoms with E-state index in [0.29, 0.717) is 13.0 Å². The molecule has 0 aromatic heterocycles. The maximum atomic E-state index is 11.9. The Morgan fingerprint density at radius 2 is 2.04 bits per heavy atom. The molecular formula is C17H22N4O3. The molecule has 3 N–H and O–H groups in total. The zero-order valence-corrected chi connectivity index (χ0v) is 13.5. The Hall–Kier alpha value is -2.57. The number of hydrogen-bond acceptors (Lipinski definition) is 4. The SMILES string of the molecule is O=C(CC[C@H]1NC(=O)NC1=O)NCc1cccc(N2CCCC2)c1. The molecule has 1 atom stereocenters. The number of benzene rings is 1. The lowest BCUT2D eigenvalue weighted by atomic mass is 10.1. The molecule has 0 unspecified atom stereocenters. The van der Waals surface area contributed by atoms with Crippen molar-refractivity contribution >= 4 is 23.5 Å². The second-order valence-corrected chi connectivity index (χ2v) is 6.19. The van der Waals surface area contributed by atoms with Gasteiger partial charge in [0.1, 0.15) is 6.04 Å². The fourth-order valence-corrected chi connectivity index (χ4v) is 3.07. The molecule has 7 heteroatoms. The van der Waals surface area contributed by atoms with Crippen molar-refractivity contribution in [3.8, 4) is 0 Å². The lowest BCUT2D eigenvalue weighted by Gasteiger charge is -2.18. The van der Waals surface area contributed by atoms with Crippen LogP contribution in [0.2, 0.25) is 0 Å². The number of anilines is 1. The first kappa shape index (κ1) is 16.3. The summed E-state index contributed by atoms with van der Waals surface area (Å²) in [6, 6.07) is 7.10. The maximum absolute atomic E-state index is 11.9. The molecule has 0 bridgehead atoms. The number of carbonyl (C=O) groups excluding carboxylic acids is 3. The highest BCUT2D eigenvalue weighted by molar-refractivity contribution is 6.04. The van der Waals surface area contributed by atoms with Gasteiger partial charge in [0.2, 0.25) is 5.91 Å². The van der Waals surface area contributed by atoms with Crippen LogP contribution in [-0.4, -0.2) is 37.0 Å². The van der Waals surface area contributed by atoms with Crippen LogP contribution in [0.1, 0.15) is 31.2 Å². The first-order valence-corrected chi connectivity index (χ1v) is 8.34. The maximum Gasteiger partial charge on any atom is 0.322 e. The smallest absolute Gasteiger partial charge is 0.322 e. The normalized spacial score (nSPS) is 20.0. The van der Waals surface area contributed by atoms with Crippen molar-refractivity contribution in [2.75, 3.05) is 18.0 Å². The van der Waals surface area contributed by atoms with E-state index < -0.39 is 12.1 Å². The van der Waals surface area contributed by atoms with E-state index in [1.165, 1.54) is 18.5 Å². The van der Waals surface area contributed by atoms with Crippen LogP contribution < -0.4 is 20.9 Å². The van der Waals surface area contributed by atoms with E-state index in [0.717, 1.165) is 18.7 Å². The molecular weight excluding hydrogens is 308 g/mol. The van der Waals surface area contributed by atoms with E-state index in [4.69, 9.17) is 0 Å². The summed E-state index contributed by atoms with van der Waals surface area (Å²) in [5, 5.41) is 7.51. The van der Waals surface area contributed by atoms with Crippen LogP contribution in [0.5, 0.6) is 0 Å². The monoisotopic (exact) mass is 330 g/mol. The summed E-state index contributed by atoms with van der Waals surface area (Å²) in [5.74, 6) is -0.498. The summed E-state index contributed by atoms with van der Waals surface area (Å²) in [5.41, 5.74) is 2.25. The Balaban J connectivity index is 1.45. The lowest BCUT2D eigenvalue weighted by Crippen LogP contribution is -2.31. The van der Waals surface area contributed by atoms with Gasteiger partial charge in [-0.2, -0.15) is 0 Å². The first-order valence-electron chi connectivity index (χ1n) is 8.34. The third kappa shape index (κ3) is 4.04. The highest BCUT2D eigenvalue weighted by Gasteiger charge is 2.29. The summed E-state index contributed by atoms with van der Waals surface area (Å²) in [6.45, 7) is 2.64. The van der Waals surface area contributed by atoms with Gasteiger partial charge in [-0.25, -0.2) is 4.79 Å². The second kappa shape index (κ2) is 7.33. The Kier molecular flexibility index (Phi) is 4.98. The Labute approximate surface area is 140 Å². The van der Waals surface area contributed by atoms with Gasteiger partial charge < -0.3 is 15.5 Å². The van der Waals surface area contributed by atoms with Crippen LogP contribution in [-0.2, 0) is 16.1 Å². The number of rotatable bonds is 6. The molecule has 2 aliphatic rings. The lowest BCUT2D eigenvalue weighted by molar-refractivity contribution is -0.122. The predicted octanol–water partition coefficient (Wildman–Crippen LogP) is 0.891. The molecule has 1 aromatic rings. The fourth-order valence-electron chi connectivity index (χ4n) is 3.07. The molecule has 24 heavy (non-hydrogen) atoms. The number of amides is 4. The molecule has 2 fully saturated rings. The van der Waals surface area contributed by atoms with Crippen LogP contribution in [0.15, 0.2) is 24.3 Å². The highest BCUT2D eigenvalue weighted by atomic mass is 16.2. The second-order valence-electron chi connectivity index (χ2n) is 6.19. The molecule has 2 aliphatic heterocycles. The van der Waals surface area contributed by atoms with E-state index in [9.17, 15) is 14.4 Å². The Bertz CT molecular complexity index is 640. The zero-order valence-electron chi connectivity index (χ0n) is 13.5. The van der Waals surface area contributed by atoms with Gasteiger partial charge in [0.05, 0.1) is 0 Å². The van der Waals surface area contributed by atoms with Gasteiger partial charge in [-0.3, -0.25) is 14.9 Å². The van der Waals surface area contributed by atoms with Crippen molar-refractivity contribution in [2.45, 2.75) is 38.3 Å². The predicted molar refractivity (Wildman–Crippen MR) is 89.4 cm³/mol. The number of imide groups is 1. The molecule has 2 saturated heterocycles. The fraction of sp³-hybridized carbons (Fsp3) is 0.471. The van der Waals surface area contributed by atoms with E-state index >= 15 is 0 Å². The molecule has 2 heterocycles. The minimum absolute atomic E-state index is 0.129.